The fraction of sp³-hybridized carbons (Fsp3) is 0.455. The number of rotatable bonds is 5. The van der Waals surface area contributed by atoms with Crippen molar-refractivity contribution in [2.75, 3.05) is 18.1 Å². The van der Waals surface area contributed by atoms with Crippen molar-refractivity contribution >= 4 is 5.69 Å². The van der Waals surface area contributed by atoms with Crippen molar-refractivity contribution < 1.29 is 0 Å². The maximum Gasteiger partial charge on any atom is 0.0713 e. The zero-order valence-electron chi connectivity index (χ0n) is 15.5. The average molecular weight is 322 g/mol. The molecular formula is C22H30N2. The molecule has 0 amide bonds. The standard InChI is InChI=1S/C22H30N2/c1-17(2)13-22-15-24(21-11-7-19(4)8-12-21)16-23(22)14-20-9-5-18(3)6-10-20/h5-12,17,22H,13-16H2,1-4H3/t22-/m0/s1. The highest BCUT2D eigenvalue weighted by molar-refractivity contribution is 5.48. The highest BCUT2D eigenvalue weighted by Crippen LogP contribution is 2.27. The Bertz CT molecular complexity index is 643. The summed E-state index contributed by atoms with van der Waals surface area (Å²) in [6.45, 7) is 12.2. The molecule has 1 heterocycles. The summed E-state index contributed by atoms with van der Waals surface area (Å²) >= 11 is 0. The predicted octanol–water partition coefficient (Wildman–Crippen LogP) is 5.00. The maximum atomic E-state index is 2.64. The topological polar surface area (TPSA) is 6.48 Å². The van der Waals surface area contributed by atoms with Crippen molar-refractivity contribution in [2.24, 2.45) is 5.92 Å². The van der Waals surface area contributed by atoms with E-state index in [1.54, 1.807) is 0 Å². The van der Waals surface area contributed by atoms with Crippen molar-refractivity contribution in [1.82, 2.24) is 4.90 Å². The zero-order valence-corrected chi connectivity index (χ0v) is 15.5. The number of hydrogen-bond donors (Lipinski definition) is 0. The molecule has 2 aromatic carbocycles. The summed E-state index contributed by atoms with van der Waals surface area (Å²) < 4.78 is 0. The maximum absolute atomic E-state index is 2.64. The highest BCUT2D eigenvalue weighted by Gasteiger charge is 2.30. The van der Waals surface area contributed by atoms with Crippen molar-refractivity contribution in [2.45, 2.75) is 46.7 Å². The zero-order chi connectivity index (χ0) is 17.1. The normalized spacial score (nSPS) is 18.5. The Labute approximate surface area is 147 Å². The van der Waals surface area contributed by atoms with Gasteiger partial charge in [-0.3, -0.25) is 4.90 Å². The summed E-state index contributed by atoms with van der Waals surface area (Å²) in [6, 6.07) is 18.6. The summed E-state index contributed by atoms with van der Waals surface area (Å²) in [4.78, 5) is 5.17. The van der Waals surface area contributed by atoms with Gasteiger partial charge in [0.2, 0.25) is 0 Å². The monoisotopic (exact) mass is 322 g/mol. The van der Waals surface area contributed by atoms with Gasteiger partial charge in [0.1, 0.15) is 0 Å². The number of aryl methyl sites for hydroxylation is 2. The molecule has 0 N–H and O–H groups in total. The van der Waals surface area contributed by atoms with Crippen LogP contribution >= 0.6 is 0 Å². The third-order valence-electron chi connectivity index (χ3n) is 4.95. The van der Waals surface area contributed by atoms with Crippen LogP contribution in [0.4, 0.5) is 5.69 Å². The second-order valence-corrected chi connectivity index (χ2v) is 7.72. The van der Waals surface area contributed by atoms with Crippen LogP contribution in [0, 0.1) is 19.8 Å². The van der Waals surface area contributed by atoms with Crippen LogP contribution in [0.5, 0.6) is 0 Å². The minimum atomic E-state index is 0.632. The Kier molecular flexibility index (Phi) is 5.25. The van der Waals surface area contributed by atoms with E-state index in [0.29, 0.717) is 6.04 Å². The van der Waals surface area contributed by atoms with E-state index in [-0.39, 0.29) is 0 Å². The molecule has 2 heteroatoms. The molecule has 1 saturated heterocycles. The van der Waals surface area contributed by atoms with Gasteiger partial charge in [0.15, 0.2) is 0 Å². The minimum Gasteiger partial charge on any atom is -0.357 e. The Hall–Kier alpha value is -1.80. The second-order valence-electron chi connectivity index (χ2n) is 7.72. The number of anilines is 1. The summed E-state index contributed by atoms with van der Waals surface area (Å²) in [5.74, 6) is 0.730. The van der Waals surface area contributed by atoms with Crippen LogP contribution in [0.1, 0.15) is 37.0 Å². The van der Waals surface area contributed by atoms with Gasteiger partial charge in [0, 0.05) is 24.8 Å². The van der Waals surface area contributed by atoms with E-state index >= 15 is 0 Å². The van der Waals surface area contributed by atoms with Crippen LogP contribution in [0.3, 0.4) is 0 Å². The fourth-order valence-electron chi connectivity index (χ4n) is 3.58. The second kappa shape index (κ2) is 7.40. The molecule has 1 fully saturated rings. The Morgan fingerprint density at radius 1 is 0.917 bits per heavy atom. The van der Waals surface area contributed by atoms with Gasteiger partial charge in [-0.05, 0) is 43.9 Å². The molecule has 128 valence electrons. The Morgan fingerprint density at radius 3 is 2.08 bits per heavy atom. The lowest BCUT2D eigenvalue weighted by Gasteiger charge is -2.24. The van der Waals surface area contributed by atoms with E-state index in [1.165, 1.54) is 28.8 Å². The molecule has 0 unspecified atom stereocenters. The summed E-state index contributed by atoms with van der Waals surface area (Å²) in [5, 5.41) is 0. The Morgan fingerprint density at radius 2 is 1.50 bits per heavy atom. The molecule has 24 heavy (non-hydrogen) atoms. The number of benzene rings is 2. The van der Waals surface area contributed by atoms with Gasteiger partial charge in [-0.1, -0.05) is 61.4 Å². The van der Waals surface area contributed by atoms with Crippen molar-refractivity contribution in [1.29, 1.82) is 0 Å². The van der Waals surface area contributed by atoms with Crippen LogP contribution in [-0.4, -0.2) is 24.2 Å². The van der Waals surface area contributed by atoms with Crippen LogP contribution in [0.25, 0.3) is 0 Å². The van der Waals surface area contributed by atoms with Crippen LogP contribution in [0.15, 0.2) is 48.5 Å². The molecule has 1 aliphatic heterocycles. The lowest BCUT2D eigenvalue weighted by Crippen LogP contribution is -2.31. The van der Waals surface area contributed by atoms with E-state index in [1.807, 2.05) is 0 Å². The van der Waals surface area contributed by atoms with Gasteiger partial charge in [-0.15, -0.1) is 0 Å². The fourth-order valence-corrected chi connectivity index (χ4v) is 3.58. The molecule has 2 aromatic rings. The van der Waals surface area contributed by atoms with Crippen LogP contribution in [-0.2, 0) is 6.54 Å². The summed E-state index contributed by atoms with van der Waals surface area (Å²) in [6.07, 6.45) is 1.26. The molecular weight excluding hydrogens is 292 g/mol. The number of hydrogen-bond acceptors (Lipinski definition) is 2. The molecule has 1 aliphatic rings. The molecule has 2 nitrogen and oxygen atoms in total. The first kappa shape index (κ1) is 17.0. The predicted molar refractivity (Wildman–Crippen MR) is 103 cm³/mol. The van der Waals surface area contributed by atoms with Gasteiger partial charge in [0.25, 0.3) is 0 Å². The smallest absolute Gasteiger partial charge is 0.0713 e. The van der Waals surface area contributed by atoms with E-state index in [4.69, 9.17) is 0 Å². The molecule has 3 rings (SSSR count). The van der Waals surface area contributed by atoms with Crippen molar-refractivity contribution in [3.63, 3.8) is 0 Å². The van der Waals surface area contributed by atoms with Crippen LogP contribution in [0.2, 0.25) is 0 Å². The van der Waals surface area contributed by atoms with Gasteiger partial charge >= 0.3 is 0 Å². The molecule has 1 atom stereocenters. The van der Waals surface area contributed by atoms with E-state index < -0.39 is 0 Å². The van der Waals surface area contributed by atoms with Gasteiger partial charge in [-0.25, -0.2) is 0 Å². The van der Waals surface area contributed by atoms with Gasteiger partial charge in [0.05, 0.1) is 6.67 Å². The third kappa shape index (κ3) is 4.18. The van der Waals surface area contributed by atoms with Crippen molar-refractivity contribution in [3.05, 3.63) is 65.2 Å². The van der Waals surface area contributed by atoms with Crippen LogP contribution < -0.4 is 4.90 Å². The van der Waals surface area contributed by atoms with E-state index in [9.17, 15) is 0 Å². The van der Waals surface area contributed by atoms with Crippen molar-refractivity contribution in [3.8, 4) is 0 Å². The Balaban J connectivity index is 1.74. The minimum absolute atomic E-state index is 0.632. The van der Waals surface area contributed by atoms with E-state index in [0.717, 1.165) is 25.7 Å². The first-order valence-electron chi connectivity index (χ1n) is 9.12. The molecule has 0 spiro atoms. The first-order valence-corrected chi connectivity index (χ1v) is 9.12. The summed E-state index contributed by atoms with van der Waals surface area (Å²) in [5.41, 5.74) is 5.43. The number of nitrogens with zero attached hydrogens (tertiary/aromatic N) is 2. The SMILES string of the molecule is Cc1ccc(CN2CN(c3ccc(C)cc3)C[C@@H]2CC(C)C)cc1. The average Bonchev–Trinajstić information content (AvgIpc) is 2.92. The molecule has 0 radical (unpaired) electrons. The van der Waals surface area contributed by atoms with Gasteiger partial charge < -0.3 is 4.90 Å². The largest absolute Gasteiger partial charge is 0.357 e. The molecule has 0 bridgehead atoms. The van der Waals surface area contributed by atoms with Gasteiger partial charge in [-0.2, -0.15) is 0 Å². The third-order valence-corrected chi connectivity index (χ3v) is 4.95. The molecule has 0 saturated carbocycles. The first-order chi connectivity index (χ1) is 11.5. The lowest BCUT2D eigenvalue weighted by molar-refractivity contribution is 0.225. The lowest BCUT2D eigenvalue weighted by atomic mass is 10.0. The summed E-state index contributed by atoms with van der Waals surface area (Å²) in [7, 11) is 0. The highest BCUT2D eigenvalue weighted by atomic mass is 15.4. The quantitative estimate of drug-likeness (QED) is 0.764. The molecule has 0 aromatic heterocycles. The van der Waals surface area contributed by atoms with E-state index in [2.05, 4.69) is 86.0 Å². The molecule has 0 aliphatic carbocycles.